The van der Waals surface area contributed by atoms with Gasteiger partial charge in [-0.3, -0.25) is 0 Å². The van der Waals surface area contributed by atoms with Gasteiger partial charge in [0.25, 0.3) is 0 Å². The molecule has 0 aromatic carbocycles. The van der Waals surface area contributed by atoms with E-state index >= 15 is 0 Å². The van der Waals surface area contributed by atoms with Gasteiger partial charge in [0.2, 0.25) is 0 Å². The predicted octanol–water partition coefficient (Wildman–Crippen LogP) is 2.10. The van der Waals surface area contributed by atoms with Gasteiger partial charge >= 0.3 is 0 Å². The van der Waals surface area contributed by atoms with Gasteiger partial charge in [0.15, 0.2) is 0 Å². The number of thiophene rings is 1. The van der Waals surface area contributed by atoms with Crippen molar-refractivity contribution < 1.29 is 0 Å². The molecule has 0 bridgehead atoms. The molecule has 2 nitrogen and oxygen atoms in total. The van der Waals surface area contributed by atoms with E-state index in [1.54, 1.807) is 0 Å². The molecule has 0 radical (unpaired) electrons. The molecule has 80 valence electrons. The van der Waals surface area contributed by atoms with Gasteiger partial charge < -0.3 is 10.2 Å². The first-order valence-electron chi connectivity index (χ1n) is 5.17. The zero-order valence-corrected chi connectivity index (χ0v) is 10.2. The van der Waals surface area contributed by atoms with E-state index in [1.165, 1.54) is 9.75 Å². The van der Waals surface area contributed by atoms with Crippen molar-refractivity contribution in [3.63, 3.8) is 0 Å². The van der Waals surface area contributed by atoms with E-state index in [9.17, 15) is 0 Å². The molecule has 1 aromatic rings. The molecular formula is C11H20N2S. The maximum atomic E-state index is 3.45. The number of nitrogens with one attached hydrogen (secondary N) is 1. The average Bonchev–Trinajstić information content (AvgIpc) is 2.58. The standard InChI is InChI=1S/C11H20N2S/c1-4-13(3)8-7-12-9-11-6-5-10(2)14-11/h5-6,12H,4,7-9H2,1-3H3. The maximum Gasteiger partial charge on any atom is 0.0300 e. The number of rotatable bonds is 6. The van der Waals surface area contributed by atoms with Crippen LogP contribution in [0.2, 0.25) is 0 Å². The van der Waals surface area contributed by atoms with Gasteiger partial charge in [-0.15, -0.1) is 11.3 Å². The lowest BCUT2D eigenvalue weighted by atomic mass is 10.4. The molecule has 0 fully saturated rings. The fraction of sp³-hybridized carbons (Fsp3) is 0.636. The SMILES string of the molecule is CCN(C)CCNCc1ccc(C)s1. The zero-order valence-electron chi connectivity index (χ0n) is 9.34. The minimum atomic E-state index is 1.01. The van der Waals surface area contributed by atoms with Crippen molar-refractivity contribution in [1.82, 2.24) is 10.2 Å². The Kier molecular flexibility index (Phi) is 5.15. The fourth-order valence-corrected chi connectivity index (χ4v) is 2.08. The molecule has 0 atom stereocenters. The van der Waals surface area contributed by atoms with Gasteiger partial charge in [-0.05, 0) is 32.6 Å². The van der Waals surface area contributed by atoms with Crippen molar-refractivity contribution in [2.45, 2.75) is 20.4 Å². The first-order chi connectivity index (χ1) is 6.72. The van der Waals surface area contributed by atoms with Crippen LogP contribution in [-0.2, 0) is 6.54 Å². The van der Waals surface area contributed by atoms with Gasteiger partial charge in [-0.1, -0.05) is 6.92 Å². The van der Waals surface area contributed by atoms with E-state index in [0.717, 1.165) is 26.2 Å². The zero-order chi connectivity index (χ0) is 10.4. The van der Waals surface area contributed by atoms with Crippen LogP contribution in [0.25, 0.3) is 0 Å². The molecule has 0 aliphatic carbocycles. The van der Waals surface area contributed by atoms with Crippen LogP contribution in [0, 0.1) is 6.92 Å². The molecular weight excluding hydrogens is 192 g/mol. The van der Waals surface area contributed by atoms with Gasteiger partial charge in [0.05, 0.1) is 0 Å². The summed E-state index contributed by atoms with van der Waals surface area (Å²) in [7, 11) is 2.15. The van der Waals surface area contributed by atoms with Crippen LogP contribution in [0.3, 0.4) is 0 Å². The summed E-state index contributed by atoms with van der Waals surface area (Å²) in [6.07, 6.45) is 0. The van der Waals surface area contributed by atoms with E-state index in [1.807, 2.05) is 11.3 Å². The van der Waals surface area contributed by atoms with Crippen molar-refractivity contribution >= 4 is 11.3 Å². The normalized spacial score (nSPS) is 11.1. The van der Waals surface area contributed by atoms with E-state index in [4.69, 9.17) is 0 Å². The highest BCUT2D eigenvalue weighted by atomic mass is 32.1. The first-order valence-corrected chi connectivity index (χ1v) is 5.98. The van der Waals surface area contributed by atoms with Crippen LogP contribution in [0.1, 0.15) is 16.7 Å². The Morgan fingerprint density at radius 2 is 2.21 bits per heavy atom. The summed E-state index contributed by atoms with van der Waals surface area (Å²) in [5.74, 6) is 0. The summed E-state index contributed by atoms with van der Waals surface area (Å²) in [5.41, 5.74) is 0. The average molecular weight is 212 g/mol. The number of hydrogen-bond acceptors (Lipinski definition) is 3. The first kappa shape index (κ1) is 11.7. The minimum Gasteiger partial charge on any atom is -0.311 e. The molecule has 0 aliphatic rings. The van der Waals surface area contributed by atoms with Crippen LogP contribution in [0.4, 0.5) is 0 Å². The molecule has 0 unspecified atom stereocenters. The number of nitrogens with zero attached hydrogens (tertiary/aromatic N) is 1. The Morgan fingerprint density at radius 3 is 2.79 bits per heavy atom. The third-order valence-corrected chi connectivity index (χ3v) is 3.31. The highest BCUT2D eigenvalue weighted by Crippen LogP contribution is 2.14. The van der Waals surface area contributed by atoms with Crippen molar-refractivity contribution in [1.29, 1.82) is 0 Å². The Morgan fingerprint density at radius 1 is 1.43 bits per heavy atom. The van der Waals surface area contributed by atoms with Gasteiger partial charge in [-0.2, -0.15) is 0 Å². The predicted molar refractivity (Wildman–Crippen MR) is 63.9 cm³/mol. The fourth-order valence-electron chi connectivity index (χ4n) is 1.22. The van der Waals surface area contributed by atoms with Crippen LogP contribution in [0.5, 0.6) is 0 Å². The third-order valence-electron chi connectivity index (χ3n) is 2.31. The van der Waals surface area contributed by atoms with Crippen molar-refractivity contribution in [2.75, 3.05) is 26.7 Å². The smallest absolute Gasteiger partial charge is 0.0300 e. The molecule has 0 aliphatic heterocycles. The lowest BCUT2D eigenvalue weighted by molar-refractivity contribution is 0.349. The molecule has 3 heteroatoms. The summed E-state index contributed by atoms with van der Waals surface area (Å²) in [6, 6.07) is 4.39. The second-order valence-electron chi connectivity index (χ2n) is 3.59. The van der Waals surface area contributed by atoms with Gasteiger partial charge in [0.1, 0.15) is 0 Å². The Labute approximate surface area is 90.9 Å². The van der Waals surface area contributed by atoms with Crippen LogP contribution >= 0.6 is 11.3 Å². The van der Waals surface area contributed by atoms with E-state index in [2.05, 4.69) is 43.2 Å². The van der Waals surface area contributed by atoms with E-state index < -0.39 is 0 Å². The molecule has 0 saturated carbocycles. The van der Waals surface area contributed by atoms with Crippen molar-refractivity contribution in [3.05, 3.63) is 21.9 Å². The Balaban J connectivity index is 2.10. The maximum absolute atomic E-state index is 3.45. The van der Waals surface area contributed by atoms with Crippen LogP contribution in [0.15, 0.2) is 12.1 Å². The Hall–Kier alpha value is -0.380. The lowest BCUT2D eigenvalue weighted by Gasteiger charge is -2.13. The van der Waals surface area contributed by atoms with Gasteiger partial charge in [-0.25, -0.2) is 0 Å². The van der Waals surface area contributed by atoms with E-state index in [0.29, 0.717) is 0 Å². The van der Waals surface area contributed by atoms with Gasteiger partial charge in [0, 0.05) is 29.4 Å². The molecule has 0 spiro atoms. The van der Waals surface area contributed by atoms with Crippen molar-refractivity contribution in [2.24, 2.45) is 0 Å². The molecule has 14 heavy (non-hydrogen) atoms. The monoisotopic (exact) mass is 212 g/mol. The molecule has 0 amide bonds. The lowest BCUT2D eigenvalue weighted by Crippen LogP contribution is -2.28. The summed E-state index contributed by atoms with van der Waals surface area (Å²) >= 11 is 1.88. The molecule has 1 rings (SSSR count). The largest absolute Gasteiger partial charge is 0.311 e. The summed E-state index contributed by atoms with van der Waals surface area (Å²) < 4.78 is 0. The summed E-state index contributed by atoms with van der Waals surface area (Å²) in [4.78, 5) is 5.14. The molecule has 1 N–H and O–H groups in total. The second kappa shape index (κ2) is 6.17. The van der Waals surface area contributed by atoms with Crippen molar-refractivity contribution in [3.8, 4) is 0 Å². The topological polar surface area (TPSA) is 15.3 Å². The minimum absolute atomic E-state index is 1.01. The summed E-state index contributed by atoms with van der Waals surface area (Å²) in [5, 5.41) is 3.45. The number of aryl methyl sites for hydroxylation is 1. The quantitative estimate of drug-likeness (QED) is 0.727. The van der Waals surface area contributed by atoms with E-state index in [-0.39, 0.29) is 0 Å². The summed E-state index contributed by atoms with van der Waals surface area (Å²) in [6.45, 7) is 8.67. The number of likely N-dealkylation sites (N-methyl/N-ethyl adjacent to an activating group) is 1. The van der Waals surface area contributed by atoms with Crippen LogP contribution < -0.4 is 5.32 Å². The second-order valence-corrected chi connectivity index (χ2v) is 4.96. The van der Waals surface area contributed by atoms with Crippen LogP contribution in [-0.4, -0.2) is 31.6 Å². The molecule has 1 heterocycles. The Bertz CT molecular complexity index is 258. The highest BCUT2D eigenvalue weighted by Gasteiger charge is 1.96. The molecule has 1 aromatic heterocycles. The molecule has 0 saturated heterocycles. The highest BCUT2D eigenvalue weighted by molar-refractivity contribution is 7.11. The third kappa shape index (κ3) is 4.22. The number of hydrogen-bond donors (Lipinski definition) is 1.